The Morgan fingerprint density at radius 1 is 1.10 bits per heavy atom. The number of aromatic nitrogens is 1. The van der Waals surface area contributed by atoms with E-state index in [2.05, 4.69) is 15.6 Å². The molecule has 0 unspecified atom stereocenters. The van der Waals surface area contributed by atoms with Gasteiger partial charge in [-0.25, -0.2) is 9.37 Å². The molecule has 0 atom stereocenters. The van der Waals surface area contributed by atoms with Crippen LogP contribution in [0.3, 0.4) is 0 Å². The van der Waals surface area contributed by atoms with Gasteiger partial charge in [-0.05, 0) is 42.8 Å². The van der Waals surface area contributed by atoms with E-state index < -0.39 is 11.7 Å². The van der Waals surface area contributed by atoms with Crippen molar-refractivity contribution in [1.29, 1.82) is 0 Å². The molecule has 0 aliphatic rings. The Morgan fingerprint density at radius 3 is 2.55 bits per heavy atom. The molecule has 0 saturated heterocycles. The number of rotatable bonds is 9. The van der Waals surface area contributed by atoms with E-state index >= 15 is 0 Å². The minimum absolute atomic E-state index is 0.0251. The highest BCUT2D eigenvalue weighted by Gasteiger charge is 2.09. The summed E-state index contributed by atoms with van der Waals surface area (Å²) < 4.78 is 19.2. The van der Waals surface area contributed by atoms with Gasteiger partial charge in [0.25, 0.3) is 5.91 Å². The fraction of sp³-hybridized carbons (Fsp3) is 0.174. The minimum atomic E-state index is -0.582. The smallest absolute Gasteiger partial charge is 0.254 e. The number of carbonyl (C=O) groups excluding carboxylic acids is 2. The summed E-state index contributed by atoms with van der Waals surface area (Å²) in [6, 6.07) is 13.1. The van der Waals surface area contributed by atoms with Crippen LogP contribution in [0.2, 0.25) is 0 Å². The Kier molecular flexibility index (Phi) is 7.89. The van der Waals surface area contributed by atoms with Gasteiger partial charge >= 0.3 is 0 Å². The molecule has 1 aromatic heterocycles. The lowest BCUT2D eigenvalue weighted by molar-refractivity contribution is -0.116. The zero-order chi connectivity index (χ0) is 22.1. The molecule has 0 saturated carbocycles. The summed E-state index contributed by atoms with van der Waals surface area (Å²) in [6.45, 7) is 2.78. The maximum absolute atomic E-state index is 13.5. The lowest BCUT2D eigenvalue weighted by atomic mass is 10.2. The zero-order valence-corrected chi connectivity index (χ0v) is 17.7. The molecular formula is C23H22FN3O3S. The van der Waals surface area contributed by atoms with Crippen LogP contribution in [0.25, 0.3) is 6.08 Å². The molecular weight excluding hydrogens is 417 g/mol. The molecule has 2 aromatic carbocycles. The van der Waals surface area contributed by atoms with E-state index in [9.17, 15) is 14.0 Å². The number of aryl methyl sites for hydroxylation is 1. The highest BCUT2D eigenvalue weighted by atomic mass is 32.1. The van der Waals surface area contributed by atoms with Crippen molar-refractivity contribution in [2.45, 2.75) is 13.5 Å². The minimum Gasteiger partial charge on any atom is -0.487 e. The lowest BCUT2D eigenvalue weighted by Gasteiger charge is -2.06. The maximum Gasteiger partial charge on any atom is 0.254 e. The van der Waals surface area contributed by atoms with Crippen molar-refractivity contribution in [3.8, 4) is 5.75 Å². The Morgan fingerprint density at radius 2 is 1.84 bits per heavy atom. The number of halogens is 1. The van der Waals surface area contributed by atoms with Crippen LogP contribution in [-0.4, -0.2) is 29.9 Å². The SMILES string of the molecule is Cc1nc(COc2ccc(/C=C/C(=O)NCCNC(=O)c3ccccc3F)cc2)cs1. The molecule has 3 rings (SSSR count). The van der Waals surface area contributed by atoms with Crippen LogP contribution < -0.4 is 15.4 Å². The number of hydrogen-bond acceptors (Lipinski definition) is 5. The third-order valence-corrected chi connectivity index (χ3v) is 5.01. The number of nitrogens with zero attached hydrogens (tertiary/aromatic N) is 1. The summed E-state index contributed by atoms with van der Waals surface area (Å²) in [5.74, 6) is -0.672. The molecule has 0 spiro atoms. The number of amides is 2. The fourth-order valence-electron chi connectivity index (χ4n) is 2.64. The first-order valence-corrected chi connectivity index (χ1v) is 10.5. The van der Waals surface area contributed by atoms with Crippen molar-refractivity contribution < 1.29 is 18.7 Å². The topological polar surface area (TPSA) is 80.3 Å². The standard InChI is InChI=1S/C23H22FN3O3S/c1-16-27-18(15-31-16)14-30-19-9-6-17(7-10-19)8-11-22(28)25-12-13-26-23(29)20-4-2-3-5-21(20)24/h2-11,15H,12-14H2,1H3,(H,25,28)(H,26,29)/b11-8+. The second-order valence-electron chi connectivity index (χ2n) is 6.58. The molecule has 160 valence electrons. The molecule has 8 heteroatoms. The van der Waals surface area contributed by atoms with Crippen LogP contribution in [0, 0.1) is 12.7 Å². The van der Waals surface area contributed by atoms with Crippen molar-refractivity contribution in [2.24, 2.45) is 0 Å². The summed E-state index contributed by atoms with van der Waals surface area (Å²) in [5.41, 5.74) is 1.72. The monoisotopic (exact) mass is 439 g/mol. The van der Waals surface area contributed by atoms with Gasteiger partial charge in [0.15, 0.2) is 0 Å². The molecule has 6 nitrogen and oxygen atoms in total. The molecule has 31 heavy (non-hydrogen) atoms. The van der Waals surface area contributed by atoms with Gasteiger partial charge in [-0.3, -0.25) is 9.59 Å². The first-order chi connectivity index (χ1) is 15.0. The van der Waals surface area contributed by atoms with E-state index in [1.54, 1.807) is 23.5 Å². The molecule has 0 radical (unpaired) electrons. The molecule has 0 bridgehead atoms. The molecule has 2 N–H and O–H groups in total. The van der Waals surface area contributed by atoms with Crippen LogP contribution in [0.15, 0.2) is 60.0 Å². The van der Waals surface area contributed by atoms with Crippen molar-refractivity contribution in [2.75, 3.05) is 13.1 Å². The number of ether oxygens (including phenoxy) is 1. The summed E-state index contributed by atoms with van der Waals surface area (Å²) in [7, 11) is 0. The fourth-order valence-corrected chi connectivity index (χ4v) is 3.24. The Hall–Kier alpha value is -3.52. The van der Waals surface area contributed by atoms with E-state index in [0.717, 1.165) is 22.0 Å². The van der Waals surface area contributed by atoms with Crippen LogP contribution in [-0.2, 0) is 11.4 Å². The van der Waals surface area contributed by atoms with Crippen LogP contribution in [0.1, 0.15) is 26.6 Å². The summed E-state index contributed by atoms with van der Waals surface area (Å²) in [4.78, 5) is 28.1. The zero-order valence-electron chi connectivity index (χ0n) is 16.9. The summed E-state index contributed by atoms with van der Waals surface area (Å²) in [5, 5.41) is 8.20. The quantitative estimate of drug-likeness (QED) is 0.393. The molecule has 0 aliphatic carbocycles. The number of nitrogens with one attached hydrogen (secondary N) is 2. The van der Waals surface area contributed by atoms with Crippen LogP contribution in [0.4, 0.5) is 4.39 Å². The summed E-state index contributed by atoms with van der Waals surface area (Å²) in [6.07, 6.45) is 3.09. The Bertz CT molecular complexity index is 1060. The highest BCUT2D eigenvalue weighted by molar-refractivity contribution is 7.09. The second kappa shape index (κ2) is 11.0. The molecule has 0 aliphatic heterocycles. The Labute approximate surface area is 183 Å². The predicted octanol–water partition coefficient (Wildman–Crippen LogP) is 3.73. The first kappa shape index (κ1) is 22.2. The van der Waals surface area contributed by atoms with Gasteiger partial charge in [-0.2, -0.15) is 0 Å². The van der Waals surface area contributed by atoms with Crippen molar-refractivity contribution in [3.63, 3.8) is 0 Å². The normalized spacial score (nSPS) is 10.8. The van der Waals surface area contributed by atoms with Gasteiger partial charge < -0.3 is 15.4 Å². The third-order valence-electron chi connectivity index (χ3n) is 4.19. The van der Waals surface area contributed by atoms with Gasteiger partial charge in [0.1, 0.15) is 18.2 Å². The number of hydrogen-bond donors (Lipinski definition) is 2. The van der Waals surface area contributed by atoms with Crippen LogP contribution in [0.5, 0.6) is 5.75 Å². The summed E-state index contributed by atoms with van der Waals surface area (Å²) >= 11 is 1.59. The number of benzene rings is 2. The maximum atomic E-state index is 13.5. The lowest BCUT2D eigenvalue weighted by Crippen LogP contribution is -2.34. The van der Waals surface area contributed by atoms with Gasteiger partial charge in [-0.15, -0.1) is 11.3 Å². The second-order valence-corrected chi connectivity index (χ2v) is 7.64. The third kappa shape index (κ3) is 7.04. The van der Waals surface area contributed by atoms with E-state index in [4.69, 9.17) is 4.74 Å². The van der Waals surface area contributed by atoms with Crippen molar-refractivity contribution in [3.05, 3.63) is 87.6 Å². The average Bonchev–Trinajstić information content (AvgIpc) is 3.20. The van der Waals surface area contributed by atoms with Gasteiger partial charge in [0.2, 0.25) is 5.91 Å². The molecule has 3 aromatic rings. The largest absolute Gasteiger partial charge is 0.487 e. The number of carbonyl (C=O) groups is 2. The number of thiazole rings is 1. The van der Waals surface area contributed by atoms with E-state index in [1.807, 2.05) is 36.6 Å². The Balaban J connectivity index is 1.37. The van der Waals surface area contributed by atoms with Gasteiger partial charge in [0.05, 0.1) is 16.3 Å². The average molecular weight is 440 g/mol. The van der Waals surface area contributed by atoms with E-state index in [1.165, 1.54) is 24.3 Å². The van der Waals surface area contributed by atoms with Gasteiger partial charge in [-0.1, -0.05) is 24.3 Å². The van der Waals surface area contributed by atoms with Crippen molar-refractivity contribution >= 4 is 29.2 Å². The molecule has 2 amide bonds. The predicted molar refractivity (Wildman–Crippen MR) is 118 cm³/mol. The van der Waals surface area contributed by atoms with Gasteiger partial charge in [0, 0.05) is 24.5 Å². The highest BCUT2D eigenvalue weighted by Crippen LogP contribution is 2.16. The van der Waals surface area contributed by atoms with E-state index in [-0.39, 0.29) is 24.6 Å². The molecule has 0 fully saturated rings. The first-order valence-electron chi connectivity index (χ1n) is 9.64. The van der Waals surface area contributed by atoms with Crippen molar-refractivity contribution in [1.82, 2.24) is 15.6 Å². The van der Waals surface area contributed by atoms with E-state index in [0.29, 0.717) is 6.61 Å². The van der Waals surface area contributed by atoms with Crippen LogP contribution >= 0.6 is 11.3 Å². The molecule has 1 heterocycles.